The molecule has 0 saturated carbocycles. The molecular weight excluding hydrogens is 525 g/mol. The summed E-state index contributed by atoms with van der Waals surface area (Å²) in [5.41, 5.74) is 0.893. The van der Waals surface area contributed by atoms with E-state index in [9.17, 15) is 13.2 Å². The van der Waals surface area contributed by atoms with E-state index in [4.69, 9.17) is 49.0 Å². The number of esters is 1. The highest BCUT2D eigenvalue weighted by atomic mass is 35.5. The number of sulfonamides is 1. The van der Waals surface area contributed by atoms with Gasteiger partial charge in [0, 0.05) is 13.1 Å². The second-order valence-corrected chi connectivity index (χ2v) is 10.2. The van der Waals surface area contributed by atoms with Crippen molar-refractivity contribution in [1.82, 2.24) is 0 Å². The Bertz CT molecular complexity index is 1330. The lowest BCUT2D eigenvalue weighted by atomic mass is 10.2. The van der Waals surface area contributed by atoms with Crippen molar-refractivity contribution in [3.05, 3.63) is 80.8 Å². The molecule has 3 aromatic rings. The summed E-state index contributed by atoms with van der Waals surface area (Å²) in [6.45, 7) is -0.0614. The minimum atomic E-state index is -4.08. The van der Waals surface area contributed by atoms with Gasteiger partial charge in [-0.05, 0) is 42.0 Å². The summed E-state index contributed by atoms with van der Waals surface area (Å²) < 4.78 is 43.4. The Morgan fingerprint density at radius 2 is 1.59 bits per heavy atom. The highest BCUT2D eigenvalue weighted by Crippen LogP contribution is 2.39. The topological polar surface area (TPSA) is 82.1 Å². The first-order valence-electron chi connectivity index (χ1n) is 9.70. The zero-order valence-electron chi connectivity index (χ0n) is 18.3. The Labute approximate surface area is 212 Å². The fraction of sp³-hybridized carbons (Fsp3) is 0.174. The SMILES string of the molecule is COc1cc(OC)c(N(C)S(=O)(=O)c2cccc(C(=O)OCc3ccc(Cl)c(Cl)c3)c2)cc1Cl. The number of carbonyl (C=O) groups excluding carboxylic acids is 1. The number of nitrogens with zero attached hydrogens (tertiary/aromatic N) is 1. The van der Waals surface area contributed by atoms with E-state index in [0.29, 0.717) is 21.4 Å². The molecule has 0 fully saturated rings. The minimum absolute atomic E-state index is 0.0614. The lowest BCUT2D eigenvalue weighted by molar-refractivity contribution is 0.0472. The molecule has 0 amide bonds. The number of carbonyl (C=O) groups is 1. The molecule has 3 aromatic carbocycles. The van der Waals surface area contributed by atoms with Crippen LogP contribution in [0.25, 0.3) is 0 Å². The molecule has 0 bridgehead atoms. The number of benzene rings is 3. The zero-order valence-corrected chi connectivity index (χ0v) is 21.4. The molecule has 0 N–H and O–H groups in total. The maximum atomic E-state index is 13.3. The number of halogens is 3. The van der Waals surface area contributed by atoms with Crippen molar-refractivity contribution in [2.75, 3.05) is 25.6 Å². The molecule has 0 aromatic heterocycles. The molecule has 0 aliphatic heterocycles. The molecule has 0 radical (unpaired) electrons. The van der Waals surface area contributed by atoms with E-state index in [-0.39, 0.29) is 33.5 Å². The van der Waals surface area contributed by atoms with Crippen LogP contribution < -0.4 is 13.8 Å². The van der Waals surface area contributed by atoms with Crippen LogP contribution in [-0.4, -0.2) is 35.7 Å². The normalized spacial score (nSPS) is 11.1. The van der Waals surface area contributed by atoms with Gasteiger partial charge in [-0.3, -0.25) is 4.31 Å². The molecule has 7 nitrogen and oxygen atoms in total. The summed E-state index contributed by atoms with van der Waals surface area (Å²) in [5.74, 6) is -0.125. The van der Waals surface area contributed by atoms with Gasteiger partial charge in [0.15, 0.2) is 0 Å². The maximum Gasteiger partial charge on any atom is 0.338 e. The number of hydrogen-bond donors (Lipinski definition) is 0. The van der Waals surface area contributed by atoms with Crippen molar-refractivity contribution in [3.8, 4) is 11.5 Å². The molecule has 0 aliphatic carbocycles. The van der Waals surface area contributed by atoms with E-state index in [0.717, 1.165) is 4.31 Å². The van der Waals surface area contributed by atoms with Crippen molar-refractivity contribution in [1.29, 1.82) is 0 Å². The van der Waals surface area contributed by atoms with Gasteiger partial charge in [-0.15, -0.1) is 0 Å². The van der Waals surface area contributed by atoms with Crippen LogP contribution in [0.15, 0.2) is 59.5 Å². The first-order valence-corrected chi connectivity index (χ1v) is 12.3. The fourth-order valence-electron chi connectivity index (χ4n) is 3.02. The van der Waals surface area contributed by atoms with Gasteiger partial charge in [-0.2, -0.15) is 0 Å². The smallest absolute Gasteiger partial charge is 0.338 e. The van der Waals surface area contributed by atoms with Crippen LogP contribution >= 0.6 is 34.8 Å². The van der Waals surface area contributed by atoms with E-state index >= 15 is 0 Å². The summed E-state index contributed by atoms with van der Waals surface area (Å²) in [6.07, 6.45) is 0. The lowest BCUT2D eigenvalue weighted by Crippen LogP contribution is -2.27. The van der Waals surface area contributed by atoms with Crippen LogP contribution in [0.3, 0.4) is 0 Å². The average Bonchev–Trinajstić information content (AvgIpc) is 2.83. The van der Waals surface area contributed by atoms with E-state index in [1.165, 1.54) is 57.7 Å². The molecule has 11 heteroatoms. The molecule has 34 heavy (non-hydrogen) atoms. The minimum Gasteiger partial charge on any atom is -0.495 e. The van der Waals surface area contributed by atoms with Gasteiger partial charge in [0.1, 0.15) is 18.1 Å². The molecule has 0 aliphatic rings. The van der Waals surface area contributed by atoms with Crippen LogP contribution in [0.2, 0.25) is 15.1 Å². The molecule has 0 saturated heterocycles. The Hall–Kier alpha value is -2.65. The molecule has 0 atom stereocenters. The largest absolute Gasteiger partial charge is 0.495 e. The predicted octanol–water partition coefficient (Wildman–Crippen LogP) is 5.85. The van der Waals surface area contributed by atoms with Crippen LogP contribution in [0.5, 0.6) is 11.5 Å². The summed E-state index contributed by atoms with van der Waals surface area (Å²) in [7, 11) is 0.109. The van der Waals surface area contributed by atoms with E-state index in [1.54, 1.807) is 18.2 Å². The lowest BCUT2D eigenvalue weighted by Gasteiger charge is -2.23. The molecule has 180 valence electrons. The summed E-state index contributed by atoms with van der Waals surface area (Å²) in [5, 5.41) is 0.925. The average molecular weight is 545 g/mol. The van der Waals surface area contributed by atoms with Crippen LogP contribution in [-0.2, 0) is 21.4 Å². The van der Waals surface area contributed by atoms with Gasteiger partial charge in [-0.1, -0.05) is 46.9 Å². The highest BCUT2D eigenvalue weighted by molar-refractivity contribution is 7.92. The monoisotopic (exact) mass is 543 g/mol. The third kappa shape index (κ3) is 5.52. The highest BCUT2D eigenvalue weighted by Gasteiger charge is 2.26. The number of hydrogen-bond acceptors (Lipinski definition) is 6. The van der Waals surface area contributed by atoms with Gasteiger partial charge in [0.05, 0.1) is 45.4 Å². The summed E-state index contributed by atoms with van der Waals surface area (Å²) >= 11 is 18.1. The Balaban J connectivity index is 1.85. The van der Waals surface area contributed by atoms with Crippen LogP contribution in [0.1, 0.15) is 15.9 Å². The van der Waals surface area contributed by atoms with Crippen molar-refractivity contribution >= 4 is 56.5 Å². The van der Waals surface area contributed by atoms with Gasteiger partial charge in [0.25, 0.3) is 10.0 Å². The Kier molecular flexibility index (Phi) is 8.20. The second kappa shape index (κ2) is 10.7. The van der Waals surface area contributed by atoms with Gasteiger partial charge in [0.2, 0.25) is 0 Å². The van der Waals surface area contributed by atoms with Crippen LogP contribution in [0.4, 0.5) is 5.69 Å². The molecule has 0 spiro atoms. The third-order valence-electron chi connectivity index (χ3n) is 4.87. The number of ether oxygens (including phenoxy) is 3. The first-order chi connectivity index (χ1) is 16.1. The fourth-order valence-corrected chi connectivity index (χ4v) is 4.82. The van der Waals surface area contributed by atoms with Crippen molar-refractivity contribution in [3.63, 3.8) is 0 Å². The summed E-state index contributed by atoms with van der Waals surface area (Å²) in [6, 6.07) is 13.3. The maximum absolute atomic E-state index is 13.3. The first kappa shape index (κ1) is 26.0. The third-order valence-corrected chi connectivity index (χ3v) is 7.68. The van der Waals surface area contributed by atoms with E-state index < -0.39 is 16.0 Å². The number of rotatable bonds is 8. The quantitative estimate of drug-likeness (QED) is 0.331. The molecular formula is C23H20Cl3NO6S. The van der Waals surface area contributed by atoms with E-state index in [1.807, 2.05) is 0 Å². The Morgan fingerprint density at radius 3 is 2.24 bits per heavy atom. The predicted molar refractivity (Wildman–Crippen MR) is 132 cm³/mol. The number of anilines is 1. The van der Waals surface area contributed by atoms with Gasteiger partial charge < -0.3 is 14.2 Å². The molecule has 0 heterocycles. The van der Waals surface area contributed by atoms with Crippen molar-refractivity contribution < 1.29 is 27.4 Å². The van der Waals surface area contributed by atoms with E-state index in [2.05, 4.69) is 0 Å². The molecule has 0 unspecified atom stereocenters. The standard InChI is InChI=1S/C23H20Cl3NO6S/c1-27(20-11-19(26)21(31-2)12-22(20)32-3)34(29,30)16-6-4-5-15(10-16)23(28)33-13-14-7-8-17(24)18(25)9-14/h4-12H,13H2,1-3H3. The van der Waals surface area contributed by atoms with Crippen LogP contribution in [0, 0.1) is 0 Å². The van der Waals surface area contributed by atoms with Crippen molar-refractivity contribution in [2.45, 2.75) is 11.5 Å². The number of methoxy groups -OCH3 is 2. The van der Waals surface area contributed by atoms with Gasteiger partial charge in [-0.25, -0.2) is 13.2 Å². The zero-order chi connectivity index (χ0) is 25.0. The summed E-state index contributed by atoms with van der Waals surface area (Å²) in [4.78, 5) is 12.4. The second-order valence-electron chi connectivity index (χ2n) is 6.98. The van der Waals surface area contributed by atoms with Gasteiger partial charge >= 0.3 is 5.97 Å². The molecule has 3 rings (SSSR count). The Morgan fingerprint density at radius 1 is 0.882 bits per heavy atom. The van der Waals surface area contributed by atoms with Crippen molar-refractivity contribution in [2.24, 2.45) is 0 Å².